The lowest BCUT2D eigenvalue weighted by Gasteiger charge is -2.08. The van der Waals surface area contributed by atoms with Gasteiger partial charge in [0.15, 0.2) is 0 Å². The van der Waals surface area contributed by atoms with Gasteiger partial charge in [0.25, 0.3) is 0 Å². The highest BCUT2D eigenvalue weighted by Crippen LogP contribution is 2.31. The first-order chi connectivity index (χ1) is 6.77. The van der Waals surface area contributed by atoms with Crippen LogP contribution in [0.5, 0.6) is 5.75 Å². The van der Waals surface area contributed by atoms with Gasteiger partial charge in [-0.2, -0.15) is 0 Å². The third-order valence-corrected chi connectivity index (χ3v) is 2.18. The fourth-order valence-electron chi connectivity index (χ4n) is 1.26. The Morgan fingerprint density at radius 3 is 2.93 bits per heavy atom. The summed E-state index contributed by atoms with van der Waals surface area (Å²) in [4.78, 5) is 13.1. The summed E-state index contributed by atoms with van der Waals surface area (Å²) in [6.45, 7) is 0. The maximum Gasteiger partial charge on any atom is 0.312 e. The molecule has 0 spiro atoms. The number of hydrogen-bond donors (Lipinski definition) is 2. The van der Waals surface area contributed by atoms with Crippen molar-refractivity contribution in [2.75, 3.05) is 0 Å². The molecule has 4 nitrogen and oxygen atoms in total. The van der Waals surface area contributed by atoms with Crippen molar-refractivity contribution in [2.45, 2.75) is 0 Å². The van der Waals surface area contributed by atoms with Crippen LogP contribution in [0.25, 0.3) is 10.9 Å². The molecule has 0 saturated carbocycles. The standard InChI is InChI=1S/C9H9N2O2P/c10-14(12)13-9-5-1-4-8-7(9)3-2-6-11-8/h1-6,12H,10H2. The molecular weight excluding hydrogens is 199 g/mol. The molecule has 5 heteroatoms. The zero-order valence-corrected chi connectivity index (χ0v) is 8.19. The van der Waals surface area contributed by atoms with Gasteiger partial charge >= 0.3 is 8.53 Å². The van der Waals surface area contributed by atoms with Gasteiger partial charge in [-0.05, 0) is 24.3 Å². The second-order valence-electron chi connectivity index (χ2n) is 2.72. The van der Waals surface area contributed by atoms with Crippen molar-refractivity contribution in [2.24, 2.45) is 5.50 Å². The number of nitrogens with two attached hydrogens (primary N) is 1. The number of fused-ring (bicyclic) bond motifs is 1. The largest absolute Gasteiger partial charge is 0.435 e. The minimum atomic E-state index is -1.88. The first-order valence-electron chi connectivity index (χ1n) is 4.03. The van der Waals surface area contributed by atoms with Gasteiger partial charge in [0.1, 0.15) is 5.75 Å². The topological polar surface area (TPSA) is 68.4 Å². The van der Waals surface area contributed by atoms with Crippen molar-refractivity contribution in [3.8, 4) is 5.75 Å². The van der Waals surface area contributed by atoms with Crippen LogP contribution >= 0.6 is 8.53 Å². The van der Waals surface area contributed by atoms with Crippen molar-refractivity contribution in [1.29, 1.82) is 0 Å². The van der Waals surface area contributed by atoms with Gasteiger partial charge < -0.3 is 9.42 Å². The van der Waals surface area contributed by atoms with Crippen LogP contribution in [0.4, 0.5) is 0 Å². The zero-order valence-electron chi connectivity index (χ0n) is 7.29. The molecule has 2 rings (SSSR count). The van der Waals surface area contributed by atoms with Gasteiger partial charge in [0, 0.05) is 11.6 Å². The average molecular weight is 208 g/mol. The predicted octanol–water partition coefficient (Wildman–Crippen LogP) is 1.79. The molecule has 1 aromatic carbocycles. The number of benzene rings is 1. The first kappa shape index (κ1) is 9.34. The molecule has 2 aromatic rings. The second-order valence-corrected chi connectivity index (χ2v) is 3.51. The lowest BCUT2D eigenvalue weighted by atomic mass is 10.2. The first-order valence-corrected chi connectivity index (χ1v) is 5.31. The Morgan fingerprint density at radius 1 is 1.29 bits per heavy atom. The highest BCUT2D eigenvalue weighted by atomic mass is 31.2. The Bertz CT molecular complexity index is 442. The summed E-state index contributed by atoms with van der Waals surface area (Å²) in [5.74, 6) is 0.562. The average Bonchev–Trinajstić information content (AvgIpc) is 2.18. The van der Waals surface area contributed by atoms with Crippen LogP contribution in [-0.4, -0.2) is 9.88 Å². The van der Waals surface area contributed by atoms with Crippen molar-refractivity contribution in [3.05, 3.63) is 36.5 Å². The summed E-state index contributed by atoms with van der Waals surface area (Å²) >= 11 is 0. The smallest absolute Gasteiger partial charge is 0.312 e. The summed E-state index contributed by atoms with van der Waals surface area (Å²) in [5, 5.41) is 0.849. The minimum absolute atomic E-state index is 0.562. The van der Waals surface area contributed by atoms with E-state index in [9.17, 15) is 0 Å². The van der Waals surface area contributed by atoms with Gasteiger partial charge in [-0.1, -0.05) is 6.07 Å². The molecule has 0 radical (unpaired) electrons. The molecule has 0 aliphatic rings. The molecular formula is C9H9N2O2P. The van der Waals surface area contributed by atoms with Gasteiger partial charge in [0.2, 0.25) is 0 Å². The zero-order chi connectivity index (χ0) is 9.97. The molecule has 14 heavy (non-hydrogen) atoms. The quantitative estimate of drug-likeness (QED) is 0.738. The molecule has 0 bridgehead atoms. The maximum atomic E-state index is 8.97. The predicted molar refractivity (Wildman–Crippen MR) is 55.7 cm³/mol. The number of aromatic nitrogens is 1. The summed E-state index contributed by atoms with van der Waals surface area (Å²) in [6.07, 6.45) is 1.70. The van der Waals surface area contributed by atoms with Gasteiger partial charge in [-0.15, -0.1) is 0 Å². The van der Waals surface area contributed by atoms with Crippen LogP contribution in [0.15, 0.2) is 36.5 Å². The van der Waals surface area contributed by atoms with Crippen molar-refractivity contribution in [3.63, 3.8) is 0 Å². The molecule has 0 amide bonds. The molecule has 1 atom stereocenters. The number of nitrogens with zero attached hydrogens (tertiary/aromatic N) is 1. The molecule has 72 valence electrons. The normalized spacial score (nSPS) is 12.7. The van der Waals surface area contributed by atoms with E-state index in [4.69, 9.17) is 14.9 Å². The Balaban J connectivity index is 2.53. The molecule has 3 N–H and O–H groups in total. The molecule has 1 unspecified atom stereocenters. The Hall–Kier alpha value is -1.22. The third kappa shape index (κ3) is 1.82. The lowest BCUT2D eigenvalue weighted by Crippen LogP contribution is -1.95. The summed E-state index contributed by atoms with van der Waals surface area (Å²) < 4.78 is 5.09. The number of hydrogen-bond acceptors (Lipinski definition) is 4. The van der Waals surface area contributed by atoms with Crippen LogP contribution in [0, 0.1) is 0 Å². The van der Waals surface area contributed by atoms with Crippen LogP contribution in [-0.2, 0) is 0 Å². The van der Waals surface area contributed by atoms with E-state index in [1.807, 2.05) is 24.3 Å². The van der Waals surface area contributed by atoms with E-state index in [0.29, 0.717) is 5.75 Å². The Labute approximate surface area is 82.3 Å². The van der Waals surface area contributed by atoms with E-state index in [-0.39, 0.29) is 0 Å². The fraction of sp³-hybridized carbons (Fsp3) is 0. The summed E-state index contributed by atoms with van der Waals surface area (Å²) in [7, 11) is -1.88. The van der Waals surface area contributed by atoms with E-state index in [0.717, 1.165) is 10.9 Å². The Kier molecular flexibility index (Phi) is 2.59. The molecule has 0 fully saturated rings. The fourth-order valence-corrected chi connectivity index (χ4v) is 1.62. The van der Waals surface area contributed by atoms with Crippen LogP contribution < -0.4 is 10.0 Å². The van der Waals surface area contributed by atoms with Gasteiger partial charge in [-0.3, -0.25) is 10.5 Å². The van der Waals surface area contributed by atoms with Crippen LogP contribution in [0.1, 0.15) is 0 Å². The number of pyridine rings is 1. The van der Waals surface area contributed by atoms with E-state index in [1.165, 1.54) is 0 Å². The number of rotatable bonds is 2. The van der Waals surface area contributed by atoms with E-state index in [1.54, 1.807) is 12.3 Å². The maximum absolute atomic E-state index is 8.97. The van der Waals surface area contributed by atoms with Crippen molar-refractivity contribution >= 4 is 19.4 Å². The molecule has 1 heterocycles. The van der Waals surface area contributed by atoms with Gasteiger partial charge in [-0.25, -0.2) is 0 Å². The molecule has 0 saturated heterocycles. The van der Waals surface area contributed by atoms with Gasteiger partial charge in [0.05, 0.1) is 5.52 Å². The lowest BCUT2D eigenvalue weighted by molar-refractivity contribution is 0.491. The van der Waals surface area contributed by atoms with Crippen molar-refractivity contribution in [1.82, 2.24) is 4.98 Å². The van der Waals surface area contributed by atoms with Crippen LogP contribution in [0.3, 0.4) is 0 Å². The van der Waals surface area contributed by atoms with Crippen molar-refractivity contribution < 1.29 is 9.42 Å². The molecule has 0 aliphatic heterocycles. The second kappa shape index (κ2) is 3.88. The Morgan fingerprint density at radius 2 is 2.14 bits per heavy atom. The SMILES string of the molecule is NP(O)Oc1cccc2ncccc12. The summed E-state index contributed by atoms with van der Waals surface area (Å²) in [5.41, 5.74) is 6.01. The van der Waals surface area contributed by atoms with E-state index >= 15 is 0 Å². The monoisotopic (exact) mass is 208 g/mol. The minimum Gasteiger partial charge on any atom is -0.435 e. The highest BCUT2D eigenvalue weighted by molar-refractivity contribution is 7.43. The third-order valence-electron chi connectivity index (χ3n) is 1.80. The molecule has 0 aliphatic carbocycles. The van der Waals surface area contributed by atoms with E-state index < -0.39 is 8.53 Å². The highest BCUT2D eigenvalue weighted by Gasteiger charge is 2.05. The van der Waals surface area contributed by atoms with Crippen LogP contribution in [0.2, 0.25) is 0 Å². The summed E-state index contributed by atoms with van der Waals surface area (Å²) in [6, 6.07) is 9.12. The van der Waals surface area contributed by atoms with E-state index in [2.05, 4.69) is 4.98 Å². The molecule has 1 aromatic heterocycles.